The van der Waals surface area contributed by atoms with Gasteiger partial charge < -0.3 is 15.0 Å². The molecule has 0 heterocycles. The van der Waals surface area contributed by atoms with Gasteiger partial charge in [0.05, 0.1) is 17.2 Å². The fourth-order valence-electron chi connectivity index (χ4n) is 6.21. The van der Waals surface area contributed by atoms with Gasteiger partial charge in [-0.05, 0) is 85.7 Å². The Morgan fingerprint density at radius 3 is 2.20 bits per heavy atom. The highest BCUT2D eigenvalue weighted by atomic mass is 35.5. The molecular formula is C39H44ClN3O5S2. The second-order valence-electron chi connectivity index (χ2n) is 12.3. The average Bonchev–Trinajstić information content (AvgIpc) is 3.14. The minimum absolute atomic E-state index is 0.0150. The van der Waals surface area contributed by atoms with E-state index in [2.05, 4.69) is 5.32 Å². The molecule has 5 rings (SSSR count). The molecule has 0 radical (unpaired) electrons. The Kier molecular flexibility index (Phi) is 13.3. The van der Waals surface area contributed by atoms with E-state index in [-0.39, 0.29) is 35.5 Å². The number of anilines is 1. The van der Waals surface area contributed by atoms with E-state index >= 15 is 0 Å². The maximum Gasteiger partial charge on any atom is 0.264 e. The highest BCUT2D eigenvalue weighted by molar-refractivity contribution is 7.98. The van der Waals surface area contributed by atoms with Crippen molar-refractivity contribution in [1.29, 1.82) is 0 Å². The minimum atomic E-state index is -4.28. The van der Waals surface area contributed by atoms with E-state index < -0.39 is 28.5 Å². The summed E-state index contributed by atoms with van der Waals surface area (Å²) < 4.78 is 36.0. The van der Waals surface area contributed by atoms with E-state index in [1.165, 1.54) is 16.7 Å². The molecule has 0 aromatic heterocycles. The molecule has 1 unspecified atom stereocenters. The molecular weight excluding hydrogens is 690 g/mol. The summed E-state index contributed by atoms with van der Waals surface area (Å²) in [5.41, 5.74) is 1.86. The number of rotatable bonds is 15. The molecule has 1 aliphatic carbocycles. The summed E-state index contributed by atoms with van der Waals surface area (Å²) in [6.07, 6.45) is 7.12. The third-order valence-corrected chi connectivity index (χ3v) is 11.6. The summed E-state index contributed by atoms with van der Waals surface area (Å²) in [5, 5.41) is 3.78. The molecule has 1 N–H and O–H groups in total. The van der Waals surface area contributed by atoms with E-state index in [0.29, 0.717) is 17.4 Å². The van der Waals surface area contributed by atoms with Crippen molar-refractivity contribution in [3.05, 3.63) is 119 Å². The van der Waals surface area contributed by atoms with Crippen molar-refractivity contribution >= 4 is 50.9 Å². The van der Waals surface area contributed by atoms with Gasteiger partial charge in [0.25, 0.3) is 10.0 Å². The number of hydrogen-bond acceptors (Lipinski definition) is 6. The van der Waals surface area contributed by atoms with Crippen molar-refractivity contribution in [2.75, 3.05) is 23.7 Å². The van der Waals surface area contributed by atoms with Gasteiger partial charge in [-0.25, -0.2) is 8.42 Å². The topological polar surface area (TPSA) is 96.0 Å². The number of halogens is 1. The van der Waals surface area contributed by atoms with Crippen LogP contribution in [0.1, 0.15) is 50.2 Å². The van der Waals surface area contributed by atoms with Crippen molar-refractivity contribution in [3.8, 4) is 5.75 Å². The first-order valence-corrected chi connectivity index (χ1v) is 20.0. The number of hydrogen-bond donors (Lipinski definition) is 1. The maximum atomic E-state index is 14.8. The summed E-state index contributed by atoms with van der Waals surface area (Å²) in [4.78, 5) is 31.6. The number of carbonyl (C=O) groups excluding carboxylic acids is 2. The van der Waals surface area contributed by atoms with Gasteiger partial charge in [0.1, 0.15) is 18.3 Å². The summed E-state index contributed by atoms with van der Waals surface area (Å²) in [6.45, 7) is 1.61. The lowest BCUT2D eigenvalue weighted by atomic mass is 9.94. The molecule has 1 saturated carbocycles. The monoisotopic (exact) mass is 733 g/mol. The Labute approximate surface area is 305 Å². The normalized spacial score (nSPS) is 14.1. The molecule has 8 nitrogen and oxygen atoms in total. The van der Waals surface area contributed by atoms with Crippen LogP contribution in [-0.4, -0.2) is 56.6 Å². The van der Waals surface area contributed by atoms with E-state index in [4.69, 9.17) is 16.3 Å². The van der Waals surface area contributed by atoms with Crippen LogP contribution >= 0.6 is 23.4 Å². The van der Waals surface area contributed by atoms with Crippen molar-refractivity contribution in [3.63, 3.8) is 0 Å². The molecule has 2 amide bonds. The Bertz CT molecular complexity index is 1820. The third-order valence-electron chi connectivity index (χ3n) is 8.85. The van der Waals surface area contributed by atoms with Crippen LogP contribution in [0, 0.1) is 0 Å². The lowest BCUT2D eigenvalue weighted by Gasteiger charge is -2.35. The Balaban J connectivity index is 1.59. The van der Waals surface area contributed by atoms with Gasteiger partial charge in [0, 0.05) is 28.9 Å². The number of carbonyl (C=O) groups is 2. The van der Waals surface area contributed by atoms with Gasteiger partial charge in [-0.15, -0.1) is 11.8 Å². The second-order valence-corrected chi connectivity index (χ2v) is 15.5. The summed E-state index contributed by atoms with van der Waals surface area (Å²) in [7, 11) is -4.28. The number of ether oxygens (including phenoxy) is 1. The van der Waals surface area contributed by atoms with Crippen molar-refractivity contribution in [2.45, 2.75) is 73.9 Å². The molecule has 4 aromatic rings. The van der Waals surface area contributed by atoms with Crippen LogP contribution in [0.5, 0.6) is 5.75 Å². The SMILES string of the molecule is CCOc1ccccc1N(CC(=O)N(Cc1ccc(Cl)cc1)C(Cc1ccccc1)C(=O)NC1CCCCC1)S(=O)(=O)c1ccc(SC)cc1. The number of nitrogens with zero attached hydrogens (tertiary/aromatic N) is 2. The van der Waals surface area contributed by atoms with Crippen LogP contribution in [0.4, 0.5) is 5.69 Å². The van der Waals surface area contributed by atoms with Crippen molar-refractivity contribution < 1.29 is 22.7 Å². The summed E-state index contributed by atoms with van der Waals surface area (Å²) >= 11 is 7.71. The molecule has 0 saturated heterocycles. The van der Waals surface area contributed by atoms with Crippen LogP contribution in [0.25, 0.3) is 0 Å². The average molecular weight is 734 g/mol. The van der Waals surface area contributed by atoms with Crippen LogP contribution < -0.4 is 14.4 Å². The number of sulfonamides is 1. The minimum Gasteiger partial charge on any atom is -0.492 e. The van der Waals surface area contributed by atoms with Crippen LogP contribution in [0.15, 0.2) is 113 Å². The predicted octanol–water partition coefficient (Wildman–Crippen LogP) is 7.74. The van der Waals surface area contributed by atoms with Gasteiger partial charge in [0.2, 0.25) is 11.8 Å². The number of para-hydroxylation sites is 2. The third kappa shape index (κ3) is 9.62. The highest BCUT2D eigenvalue weighted by Crippen LogP contribution is 2.33. The van der Waals surface area contributed by atoms with Gasteiger partial charge in [-0.2, -0.15) is 0 Å². The van der Waals surface area contributed by atoms with E-state index in [1.54, 1.807) is 60.7 Å². The molecule has 11 heteroatoms. The largest absolute Gasteiger partial charge is 0.492 e. The maximum absolute atomic E-state index is 14.8. The first kappa shape index (κ1) is 37.3. The zero-order chi connectivity index (χ0) is 35.5. The fourth-order valence-corrected chi connectivity index (χ4v) is 8.17. The first-order valence-electron chi connectivity index (χ1n) is 17.0. The molecule has 0 spiro atoms. The molecule has 264 valence electrons. The van der Waals surface area contributed by atoms with Crippen LogP contribution in [0.3, 0.4) is 0 Å². The van der Waals surface area contributed by atoms with E-state index in [0.717, 1.165) is 52.4 Å². The predicted molar refractivity (Wildman–Crippen MR) is 201 cm³/mol. The van der Waals surface area contributed by atoms with Crippen LogP contribution in [-0.2, 0) is 32.6 Å². The van der Waals surface area contributed by atoms with Gasteiger partial charge in [0.15, 0.2) is 0 Å². The standard InChI is InChI=1S/C39H44ClN3O5S2/c1-3-48-37-17-11-10-16-35(37)43(50(46,47)34-24-22-33(49-2)23-25-34)28-38(44)42(27-30-18-20-31(40)21-19-30)36(26-29-12-6-4-7-13-29)39(45)41-32-14-8-5-9-15-32/h4,6-7,10-13,16-25,32,36H,3,5,8-9,14-15,26-28H2,1-2H3,(H,41,45). The fraction of sp³-hybridized carbons (Fsp3) is 0.333. The highest BCUT2D eigenvalue weighted by Gasteiger charge is 2.36. The number of amides is 2. The molecule has 0 aliphatic heterocycles. The summed E-state index contributed by atoms with van der Waals surface area (Å²) in [6, 6.07) is 29.1. The molecule has 50 heavy (non-hydrogen) atoms. The van der Waals surface area contributed by atoms with Crippen molar-refractivity contribution in [2.24, 2.45) is 0 Å². The zero-order valence-corrected chi connectivity index (χ0v) is 30.9. The zero-order valence-electron chi connectivity index (χ0n) is 28.5. The molecule has 4 aromatic carbocycles. The Hall–Kier alpha value is -3.99. The molecule has 1 aliphatic rings. The van der Waals surface area contributed by atoms with Crippen LogP contribution in [0.2, 0.25) is 5.02 Å². The number of thioether (sulfide) groups is 1. The van der Waals surface area contributed by atoms with E-state index in [9.17, 15) is 18.0 Å². The Morgan fingerprint density at radius 2 is 1.54 bits per heavy atom. The van der Waals surface area contributed by atoms with Gasteiger partial charge in [-0.3, -0.25) is 13.9 Å². The molecule has 1 fully saturated rings. The van der Waals surface area contributed by atoms with Gasteiger partial charge in [-0.1, -0.05) is 85.5 Å². The lowest BCUT2D eigenvalue weighted by Crippen LogP contribution is -2.55. The quantitative estimate of drug-likeness (QED) is 0.126. The number of benzene rings is 4. The van der Waals surface area contributed by atoms with E-state index in [1.807, 2.05) is 55.6 Å². The second kappa shape index (κ2) is 17.8. The number of nitrogens with one attached hydrogen (secondary N) is 1. The molecule has 1 atom stereocenters. The lowest BCUT2D eigenvalue weighted by molar-refractivity contribution is -0.140. The smallest absolute Gasteiger partial charge is 0.264 e. The first-order chi connectivity index (χ1) is 24.2. The van der Waals surface area contributed by atoms with Crippen molar-refractivity contribution in [1.82, 2.24) is 10.2 Å². The summed E-state index contributed by atoms with van der Waals surface area (Å²) in [5.74, 6) is -0.470. The Morgan fingerprint density at radius 1 is 0.880 bits per heavy atom. The molecule has 0 bridgehead atoms. The van der Waals surface area contributed by atoms with Gasteiger partial charge >= 0.3 is 0 Å².